The molecule has 0 unspecified atom stereocenters. The highest BCUT2D eigenvalue weighted by Gasteiger charge is 2.17. The number of hydrogen-bond donors (Lipinski definition) is 0. The molecule has 0 aliphatic carbocycles. The van der Waals surface area contributed by atoms with Gasteiger partial charge >= 0.3 is 0 Å². The van der Waals surface area contributed by atoms with Crippen LogP contribution < -0.4 is 9.80 Å². The van der Waals surface area contributed by atoms with E-state index in [0.717, 1.165) is 18.8 Å². The summed E-state index contributed by atoms with van der Waals surface area (Å²) in [5, 5.41) is 2.26. The Kier molecular flexibility index (Phi) is 4.50. The Hall–Kier alpha value is -1.47. The van der Waals surface area contributed by atoms with Gasteiger partial charge in [-0.25, -0.2) is 4.98 Å². The minimum Gasteiger partial charge on any atom is -0.341 e. The highest BCUT2D eigenvalue weighted by Crippen LogP contribution is 2.20. The summed E-state index contributed by atoms with van der Waals surface area (Å²) in [5.74, 6) is 1.26. The lowest BCUT2D eigenvalue weighted by Gasteiger charge is -2.27. The molecule has 0 amide bonds. The number of aromatic nitrogens is 4. The Morgan fingerprint density at radius 1 is 1.24 bits per heavy atom. The minimum atomic E-state index is 0.241. The summed E-state index contributed by atoms with van der Waals surface area (Å²) in [6.07, 6.45) is 3.62. The summed E-state index contributed by atoms with van der Waals surface area (Å²) in [5.41, 5.74) is 2.82. The number of halogens is 1. The highest BCUT2D eigenvalue weighted by molar-refractivity contribution is 7.07. The van der Waals surface area contributed by atoms with E-state index in [1.807, 2.05) is 22.8 Å². The van der Waals surface area contributed by atoms with Gasteiger partial charge in [-0.2, -0.15) is 15.0 Å². The maximum absolute atomic E-state index is 6.07. The summed E-state index contributed by atoms with van der Waals surface area (Å²) < 4.78 is 0. The van der Waals surface area contributed by atoms with Crippen LogP contribution in [0.4, 0.5) is 11.9 Å². The number of piperidine rings is 1. The van der Waals surface area contributed by atoms with Crippen LogP contribution in [0.15, 0.2) is 10.9 Å². The van der Waals surface area contributed by atoms with Gasteiger partial charge in [0.1, 0.15) is 0 Å². The van der Waals surface area contributed by atoms with Crippen LogP contribution >= 0.6 is 22.9 Å². The van der Waals surface area contributed by atoms with Crippen molar-refractivity contribution in [3.8, 4) is 0 Å². The molecule has 1 aliphatic rings. The van der Waals surface area contributed by atoms with Crippen molar-refractivity contribution < 1.29 is 0 Å². The number of anilines is 2. The number of hydrogen-bond acceptors (Lipinski definition) is 7. The molecule has 6 nitrogen and oxygen atoms in total. The Morgan fingerprint density at radius 2 is 2.05 bits per heavy atom. The van der Waals surface area contributed by atoms with Crippen molar-refractivity contribution in [3.05, 3.63) is 21.9 Å². The third kappa shape index (κ3) is 3.59. The zero-order valence-corrected chi connectivity index (χ0v) is 13.4. The molecular weight excluding hydrogens is 308 g/mol. The molecule has 0 atom stereocenters. The fraction of sp³-hybridized carbons (Fsp3) is 0.538. The quantitative estimate of drug-likeness (QED) is 0.861. The molecule has 0 N–H and O–H groups in total. The van der Waals surface area contributed by atoms with E-state index < -0.39 is 0 Å². The van der Waals surface area contributed by atoms with Crippen LogP contribution in [-0.4, -0.2) is 40.1 Å². The van der Waals surface area contributed by atoms with E-state index >= 15 is 0 Å². The number of rotatable bonds is 4. The van der Waals surface area contributed by atoms with E-state index in [1.54, 1.807) is 11.3 Å². The van der Waals surface area contributed by atoms with Gasteiger partial charge in [0.15, 0.2) is 0 Å². The predicted octanol–water partition coefficient (Wildman–Crippen LogP) is 2.61. The van der Waals surface area contributed by atoms with Gasteiger partial charge in [-0.3, -0.25) is 0 Å². The lowest BCUT2D eigenvalue weighted by molar-refractivity contribution is 0.567. The van der Waals surface area contributed by atoms with Crippen molar-refractivity contribution in [3.63, 3.8) is 0 Å². The van der Waals surface area contributed by atoms with E-state index in [0.29, 0.717) is 18.4 Å². The topological polar surface area (TPSA) is 58.0 Å². The van der Waals surface area contributed by atoms with Crippen LogP contribution in [0.2, 0.25) is 5.28 Å². The second-order valence-electron chi connectivity index (χ2n) is 5.09. The first-order chi connectivity index (χ1) is 10.2. The van der Waals surface area contributed by atoms with E-state index in [2.05, 4.69) is 24.8 Å². The van der Waals surface area contributed by atoms with Crippen LogP contribution in [0.5, 0.6) is 0 Å². The van der Waals surface area contributed by atoms with Crippen LogP contribution in [-0.2, 0) is 6.54 Å². The van der Waals surface area contributed by atoms with Gasteiger partial charge in [0, 0.05) is 25.5 Å². The average Bonchev–Trinajstić information content (AvgIpc) is 3.00. The van der Waals surface area contributed by atoms with E-state index in [4.69, 9.17) is 11.6 Å². The lowest BCUT2D eigenvalue weighted by atomic mass is 10.1. The molecule has 0 aromatic carbocycles. The Morgan fingerprint density at radius 3 is 2.76 bits per heavy atom. The molecule has 21 heavy (non-hydrogen) atoms. The molecule has 112 valence electrons. The molecule has 1 saturated heterocycles. The summed E-state index contributed by atoms with van der Waals surface area (Å²) in [6.45, 7) is 2.62. The largest absolute Gasteiger partial charge is 0.341 e. The van der Waals surface area contributed by atoms with Crippen molar-refractivity contribution in [1.29, 1.82) is 0 Å². The van der Waals surface area contributed by atoms with Crippen LogP contribution in [0.1, 0.15) is 25.0 Å². The third-order valence-electron chi connectivity index (χ3n) is 3.45. The fourth-order valence-corrected chi connectivity index (χ4v) is 3.07. The second kappa shape index (κ2) is 6.53. The van der Waals surface area contributed by atoms with Crippen molar-refractivity contribution in [2.24, 2.45) is 0 Å². The molecule has 0 bridgehead atoms. The first kappa shape index (κ1) is 14.5. The molecule has 1 aliphatic heterocycles. The van der Waals surface area contributed by atoms with Crippen LogP contribution in [0.3, 0.4) is 0 Å². The predicted molar refractivity (Wildman–Crippen MR) is 85.1 cm³/mol. The van der Waals surface area contributed by atoms with Gasteiger partial charge in [-0.15, -0.1) is 11.3 Å². The van der Waals surface area contributed by atoms with Gasteiger partial charge in [0.25, 0.3) is 0 Å². The van der Waals surface area contributed by atoms with Gasteiger partial charge in [-0.1, -0.05) is 0 Å². The summed E-state index contributed by atoms with van der Waals surface area (Å²) in [7, 11) is 1.94. The molecule has 0 spiro atoms. The smallest absolute Gasteiger partial charge is 0.231 e. The van der Waals surface area contributed by atoms with E-state index in [-0.39, 0.29) is 5.28 Å². The van der Waals surface area contributed by atoms with E-state index in [1.165, 1.54) is 19.3 Å². The Bertz CT molecular complexity index is 584. The molecule has 2 aromatic heterocycles. The number of nitrogens with zero attached hydrogens (tertiary/aromatic N) is 6. The minimum absolute atomic E-state index is 0.241. The molecule has 0 radical (unpaired) electrons. The first-order valence-electron chi connectivity index (χ1n) is 6.97. The standard InChI is InChI=1S/C13H17ClN6S/c1-19(7-10-8-21-9-15-10)12-16-11(14)17-13(18-12)20-5-3-2-4-6-20/h8-9H,2-7H2,1H3. The molecule has 0 saturated carbocycles. The summed E-state index contributed by atoms with van der Waals surface area (Å²) in [4.78, 5) is 21.4. The van der Waals surface area contributed by atoms with Crippen molar-refractivity contribution in [2.75, 3.05) is 29.9 Å². The normalized spacial score (nSPS) is 15.2. The zero-order valence-electron chi connectivity index (χ0n) is 11.9. The maximum atomic E-state index is 6.07. The Balaban J connectivity index is 1.79. The number of thiazole rings is 1. The lowest BCUT2D eigenvalue weighted by Crippen LogP contribution is -2.32. The molecule has 1 fully saturated rings. The van der Waals surface area contributed by atoms with E-state index in [9.17, 15) is 0 Å². The summed E-state index contributed by atoms with van der Waals surface area (Å²) in [6, 6.07) is 0. The molecule has 3 heterocycles. The van der Waals surface area contributed by atoms with Gasteiger partial charge < -0.3 is 9.80 Å². The molecule has 2 aromatic rings. The van der Waals surface area contributed by atoms with Gasteiger partial charge in [0.05, 0.1) is 17.7 Å². The highest BCUT2D eigenvalue weighted by atomic mass is 35.5. The Labute approximate surface area is 132 Å². The molecule has 3 rings (SSSR count). The maximum Gasteiger partial charge on any atom is 0.231 e. The summed E-state index contributed by atoms with van der Waals surface area (Å²) >= 11 is 7.65. The van der Waals surface area contributed by atoms with Crippen molar-refractivity contribution in [2.45, 2.75) is 25.8 Å². The van der Waals surface area contributed by atoms with Crippen LogP contribution in [0.25, 0.3) is 0 Å². The average molecular weight is 325 g/mol. The first-order valence-corrected chi connectivity index (χ1v) is 8.29. The fourth-order valence-electron chi connectivity index (χ4n) is 2.36. The van der Waals surface area contributed by atoms with Crippen molar-refractivity contribution >= 4 is 34.8 Å². The van der Waals surface area contributed by atoms with Crippen LogP contribution in [0, 0.1) is 0 Å². The van der Waals surface area contributed by atoms with Gasteiger partial charge in [0.2, 0.25) is 17.2 Å². The zero-order chi connectivity index (χ0) is 14.7. The van der Waals surface area contributed by atoms with Gasteiger partial charge in [-0.05, 0) is 30.9 Å². The SMILES string of the molecule is CN(Cc1cscn1)c1nc(Cl)nc(N2CCCCC2)n1. The third-order valence-corrected chi connectivity index (χ3v) is 4.25. The monoisotopic (exact) mass is 324 g/mol. The van der Waals surface area contributed by atoms with Crippen molar-refractivity contribution in [1.82, 2.24) is 19.9 Å². The molecular formula is C13H17ClN6S. The second-order valence-corrected chi connectivity index (χ2v) is 6.14. The molecule has 8 heteroatoms.